The number of amides is 1. The Morgan fingerprint density at radius 2 is 1.92 bits per heavy atom. The molecule has 5 nitrogen and oxygen atoms in total. The molecule has 1 heterocycles. The summed E-state index contributed by atoms with van der Waals surface area (Å²) in [7, 11) is 0. The molecule has 0 atom stereocenters. The molecule has 6 heteroatoms. The number of benzene rings is 2. The maximum atomic E-state index is 12.6. The second kappa shape index (κ2) is 6.84. The van der Waals surface area contributed by atoms with Gasteiger partial charge in [-0.15, -0.1) is 0 Å². The number of nitrogens with zero attached hydrogens (tertiary/aromatic N) is 2. The van der Waals surface area contributed by atoms with Gasteiger partial charge in [0.15, 0.2) is 0 Å². The zero-order valence-electron chi connectivity index (χ0n) is 12.8. The number of halogens is 1. The van der Waals surface area contributed by atoms with Gasteiger partial charge >= 0.3 is 0 Å². The molecule has 0 fully saturated rings. The molecule has 0 N–H and O–H groups in total. The van der Waals surface area contributed by atoms with Gasteiger partial charge in [0.2, 0.25) is 0 Å². The van der Waals surface area contributed by atoms with Crippen LogP contribution in [0.2, 0.25) is 5.02 Å². The highest BCUT2D eigenvalue weighted by Gasteiger charge is 2.23. The zero-order chi connectivity index (χ0) is 17.1. The molecule has 0 saturated heterocycles. The summed E-state index contributed by atoms with van der Waals surface area (Å²) in [6, 6.07) is 13.9. The Labute approximate surface area is 144 Å². The number of non-ortho nitro benzene ring substituents is 1. The van der Waals surface area contributed by atoms with Crippen LogP contribution in [0.5, 0.6) is 0 Å². The molecule has 122 valence electrons. The molecule has 1 amide bonds. The van der Waals surface area contributed by atoms with E-state index in [1.807, 2.05) is 36.4 Å². The third-order valence-electron chi connectivity index (χ3n) is 4.03. The first-order valence-electron chi connectivity index (χ1n) is 7.54. The number of carbonyl (C=O) groups is 1. The van der Waals surface area contributed by atoms with Crippen molar-refractivity contribution in [3.05, 3.63) is 80.9 Å². The van der Waals surface area contributed by atoms with E-state index in [0.717, 1.165) is 12.0 Å². The average molecular weight is 343 g/mol. The Morgan fingerprint density at radius 3 is 2.54 bits per heavy atom. The monoisotopic (exact) mass is 342 g/mol. The SMILES string of the molecule is O=C(c1cc([N+](=O)[O-])ccc1Cl)N1CC=C(c2ccccc2)CC1. The molecule has 0 aliphatic carbocycles. The summed E-state index contributed by atoms with van der Waals surface area (Å²) in [4.78, 5) is 24.6. The minimum atomic E-state index is -0.531. The summed E-state index contributed by atoms with van der Waals surface area (Å²) in [6.07, 6.45) is 2.75. The summed E-state index contributed by atoms with van der Waals surface area (Å²) in [5, 5.41) is 11.1. The van der Waals surface area contributed by atoms with Crippen LogP contribution in [-0.4, -0.2) is 28.8 Å². The van der Waals surface area contributed by atoms with Gasteiger partial charge in [-0.2, -0.15) is 0 Å². The Hall–Kier alpha value is -2.66. The molecule has 0 radical (unpaired) electrons. The summed E-state index contributed by atoms with van der Waals surface area (Å²) < 4.78 is 0. The van der Waals surface area contributed by atoms with Crippen molar-refractivity contribution >= 4 is 28.8 Å². The molecule has 0 unspecified atom stereocenters. The molecule has 0 spiro atoms. The number of hydrogen-bond donors (Lipinski definition) is 0. The normalized spacial score (nSPS) is 14.2. The lowest BCUT2D eigenvalue weighted by atomic mass is 9.99. The highest BCUT2D eigenvalue weighted by atomic mass is 35.5. The van der Waals surface area contributed by atoms with Gasteiger partial charge in [-0.25, -0.2) is 0 Å². The third kappa shape index (κ3) is 3.31. The summed E-state index contributed by atoms with van der Waals surface area (Å²) in [5.41, 5.74) is 2.38. The Balaban J connectivity index is 1.79. The average Bonchev–Trinajstić information content (AvgIpc) is 2.62. The minimum absolute atomic E-state index is 0.139. The lowest BCUT2D eigenvalue weighted by Gasteiger charge is -2.27. The molecular formula is C18H15ClN2O3. The molecule has 3 rings (SSSR count). The van der Waals surface area contributed by atoms with Crippen LogP contribution in [0.4, 0.5) is 5.69 Å². The molecule has 2 aromatic rings. The molecule has 1 aliphatic heterocycles. The lowest BCUT2D eigenvalue weighted by Crippen LogP contribution is -2.34. The van der Waals surface area contributed by atoms with E-state index in [9.17, 15) is 14.9 Å². The van der Waals surface area contributed by atoms with Crippen LogP contribution in [0.25, 0.3) is 5.57 Å². The topological polar surface area (TPSA) is 63.4 Å². The second-order valence-corrected chi connectivity index (χ2v) is 5.93. The van der Waals surface area contributed by atoms with E-state index >= 15 is 0 Å². The van der Waals surface area contributed by atoms with Crippen LogP contribution < -0.4 is 0 Å². The van der Waals surface area contributed by atoms with Gasteiger partial charge in [0, 0.05) is 25.2 Å². The first-order valence-corrected chi connectivity index (χ1v) is 7.92. The van der Waals surface area contributed by atoms with Crippen LogP contribution in [-0.2, 0) is 0 Å². The summed E-state index contributed by atoms with van der Waals surface area (Å²) >= 11 is 6.05. The predicted molar refractivity (Wildman–Crippen MR) is 93.0 cm³/mol. The highest BCUT2D eigenvalue weighted by Crippen LogP contribution is 2.26. The van der Waals surface area contributed by atoms with Gasteiger partial charge in [0.05, 0.1) is 15.5 Å². The van der Waals surface area contributed by atoms with E-state index in [2.05, 4.69) is 0 Å². The number of hydrogen-bond acceptors (Lipinski definition) is 3. The molecule has 1 aliphatic rings. The fourth-order valence-corrected chi connectivity index (χ4v) is 2.93. The number of nitro benzene ring substituents is 1. The summed E-state index contributed by atoms with van der Waals surface area (Å²) in [6.45, 7) is 1.01. The molecule has 0 aromatic heterocycles. The van der Waals surface area contributed by atoms with Gasteiger partial charge < -0.3 is 4.90 Å². The van der Waals surface area contributed by atoms with Gasteiger partial charge in [0.1, 0.15) is 0 Å². The van der Waals surface area contributed by atoms with Crippen LogP contribution in [0, 0.1) is 10.1 Å². The smallest absolute Gasteiger partial charge is 0.270 e. The van der Waals surface area contributed by atoms with Crippen molar-refractivity contribution in [1.82, 2.24) is 4.90 Å². The first-order chi connectivity index (χ1) is 11.6. The minimum Gasteiger partial charge on any atom is -0.335 e. The van der Waals surface area contributed by atoms with Crippen molar-refractivity contribution in [3.63, 3.8) is 0 Å². The van der Waals surface area contributed by atoms with Crippen LogP contribution in [0.3, 0.4) is 0 Å². The van der Waals surface area contributed by atoms with E-state index in [-0.39, 0.29) is 22.2 Å². The van der Waals surface area contributed by atoms with Crippen LogP contribution in [0.1, 0.15) is 22.3 Å². The molecule has 24 heavy (non-hydrogen) atoms. The quantitative estimate of drug-likeness (QED) is 0.621. The standard InChI is InChI=1S/C18H15ClN2O3/c19-17-7-6-15(21(23)24)12-16(17)18(22)20-10-8-14(9-11-20)13-4-2-1-3-5-13/h1-8,12H,9-11H2. The molecule has 0 bridgehead atoms. The predicted octanol–water partition coefficient (Wildman–Crippen LogP) is 4.18. The fourth-order valence-electron chi connectivity index (χ4n) is 2.73. The third-order valence-corrected chi connectivity index (χ3v) is 4.36. The fraction of sp³-hybridized carbons (Fsp3) is 0.167. The van der Waals surface area contributed by atoms with E-state index < -0.39 is 4.92 Å². The maximum Gasteiger partial charge on any atom is 0.270 e. The zero-order valence-corrected chi connectivity index (χ0v) is 13.6. The van der Waals surface area contributed by atoms with Crippen LogP contribution in [0.15, 0.2) is 54.6 Å². The van der Waals surface area contributed by atoms with Crippen molar-refractivity contribution in [3.8, 4) is 0 Å². The maximum absolute atomic E-state index is 12.6. The Kier molecular flexibility index (Phi) is 4.62. The van der Waals surface area contributed by atoms with Crippen molar-refractivity contribution in [2.45, 2.75) is 6.42 Å². The van der Waals surface area contributed by atoms with E-state index in [4.69, 9.17) is 11.6 Å². The first kappa shape index (κ1) is 16.2. The van der Waals surface area contributed by atoms with Crippen molar-refractivity contribution in [2.75, 3.05) is 13.1 Å². The van der Waals surface area contributed by atoms with E-state index in [0.29, 0.717) is 13.1 Å². The van der Waals surface area contributed by atoms with E-state index in [1.165, 1.54) is 23.8 Å². The number of carbonyl (C=O) groups excluding carboxylic acids is 1. The molecule has 2 aromatic carbocycles. The van der Waals surface area contributed by atoms with E-state index in [1.54, 1.807) is 4.90 Å². The van der Waals surface area contributed by atoms with Crippen molar-refractivity contribution in [2.24, 2.45) is 0 Å². The Morgan fingerprint density at radius 1 is 1.17 bits per heavy atom. The molecule has 0 saturated carbocycles. The number of nitro groups is 1. The van der Waals surface area contributed by atoms with Gasteiger partial charge in [-0.05, 0) is 23.6 Å². The van der Waals surface area contributed by atoms with Gasteiger partial charge in [-0.1, -0.05) is 48.0 Å². The largest absolute Gasteiger partial charge is 0.335 e. The van der Waals surface area contributed by atoms with Gasteiger partial charge in [0.25, 0.3) is 11.6 Å². The van der Waals surface area contributed by atoms with Crippen molar-refractivity contribution < 1.29 is 9.72 Å². The summed E-state index contributed by atoms with van der Waals surface area (Å²) in [5.74, 6) is -0.285. The number of rotatable bonds is 3. The second-order valence-electron chi connectivity index (χ2n) is 5.52. The lowest BCUT2D eigenvalue weighted by molar-refractivity contribution is -0.384. The van der Waals surface area contributed by atoms with Crippen molar-refractivity contribution in [1.29, 1.82) is 0 Å². The Bertz CT molecular complexity index is 818. The van der Waals surface area contributed by atoms with Crippen LogP contribution >= 0.6 is 11.6 Å². The van der Waals surface area contributed by atoms with Gasteiger partial charge in [-0.3, -0.25) is 14.9 Å². The molecular weight excluding hydrogens is 328 g/mol. The highest BCUT2D eigenvalue weighted by molar-refractivity contribution is 6.34.